The van der Waals surface area contributed by atoms with Crippen molar-refractivity contribution < 1.29 is 14.3 Å². The molecule has 1 fully saturated rings. The van der Waals surface area contributed by atoms with Gasteiger partial charge in [0.1, 0.15) is 0 Å². The van der Waals surface area contributed by atoms with Gasteiger partial charge in [0.2, 0.25) is 0 Å². The van der Waals surface area contributed by atoms with Crippen molar-refractivity contribution in [1.82, 2.24) is 4.90 Å². The van der Waals surface area contributed by atoms with Gasteiger partial charge in [0.25, 0.3) is 5.91 Å². The minimum Gasteiger partial charge on any atom is -0.435 e. The smallest absolute Gasteiger partial charge is 0.417 e. The molecule has 1 heterocycles. The molecule has 6 heteroatoms. The van der Waals surface area contributed by atoms with Crippen LogP contribution in [0.3, 0.4) is 0 Å². The minimum absolute atomic E-state index is 0.189. The molecule has 1 atom stereocenters. The number of cyclic esters (lactones) is 1. The Balaban J connectivity index is 2.05. The van der Waals surface area contributed by atoms with Gasteiger partial charge in [-0.05, 0) is 17.7 Å². The molecule has 1 aliphatic rings. The number of hydrogen-bond donors (Lipinski definition) is 1. The molecule has 96 valence electrons. The Hall–Kier alpha value is -1.59. The number of carbonyl (C=O) groups excluding carboxylic acids is 2. The molecular weight excluding hydrogens is 256 g/mol. The van der Waals surface area contributed by atoms with E-state index in [1.807, 2.05) is 0 Å². The topological polar surface area (TPSA) is 72.6 Å². The van der Waals surface area contributed by atoms with E-state index >= 15 is 0 Å². The summed E-state index contributed by atoms with van der Waals surface area (Å²) >= 11 is 5.77. The monoisotopic (exact) mass is 268 g/mol. The highest BCUT2D eigenvalue weighted by Crippen LogP contribution is 2.18. The fourth-order valence-electron chi connectivity index (χ4n) is 1.79. The second-order valence-corrected chi connectivity index (χ2v) is 4.42. The zero-order valence-electron chi connectivity index (χ0n) is 9.64. The van der Waals surface area contributed by atoms with Gasteiger partial charge in [0.05, 0.1) is 0 Å². The molecule has 0 spiro atoms. The van der Waals surface area contributed by atoms with Crippen molar-refractivity contribution in [3.8, 4) is 0 Å². The van der Waals surface area contributed by atoms with Crippen molar-refractivity contribution in [2.24, 2.45) is 5.73 Å². The van der Waals surface area contributed by atoms with Crippen molar-refractivity contribution in [3.05, 3.63) is 34.9 Å². The fraction of sp³-hybridized carbons (Fsp3) is 0.333. The molecule has 18 heavy (non-hydrogen) atoms. The Morgan fingerprint density at radius 1 is 1.28 bits per heavy atom. The summed E-state index contributed by atoms with van der Waals surface area (Å²) in [7, 11) is 0. The lowest BCUT2D eigenvalue weighted by Crippen LogP contribution is -2.36. The van der Waals surface area contributed by atoms with E-state index in [2.05, 4.69) is 0 Å². The largest absolute Gasteiger partial charge is 0.435 e. The van der Waals surface area contributed by atoms with Gasteiger partial charge in [-0.2, -0.15) is 0 Å². The first-order chi connectivity index (χ1) is 8.61. The predicted octanol–water partition coefficient (Wildman–Crippen LogP) is 1.19. The molecule has 1 saturated heterocycles. The Kier molecular flexibility index (Phi) is 3.84. The molecule has 0 radical (unpaired) electrons. The van der Waals surface area contributed by atoms with Gasteiger partial charge in [-0.25, -0.2) is 9.69 Å². The normalized spacial score (nSPS) is 19.2. The number of carbonyl (C=O) groups is 2. The molecule has 0 aliphatic carbocycles. The summed E-state index contributed by atoms with van der Waals surface area (Å²) in [6.07, 6.45) is -1.03. The van der Waals surface area contributed by atoms with Gasteiger partial charge in [0, 0.05) is 24.5 Å². The quantitative estimate of drug-likeness (QED) is 0.890. The molecule has 0 unspecified atom stereocenters. The third-order valence-electron chi connectivity index (χ3n) is 2.69. The average molecular weight is 269 g/mol. The summed E-state index contributed by atoms with van der Waals surface area (Å²) in [5.41, 5.74) is 6.22. The fourth-order valence-corrected chi connectivity index (χ4v) is 1.92. The summed E-state index contributed by atoms with van der Waals surface area (Å²) in [6, 6.07) is 7.07. The van der Waals surface area contributed by atoms with Crippen molar-refractivity contribution in [1.29, 1.82) is 0 Å². The first-order valence-electron chi connectivity index (χ1n) is 5.58. The van der Waals surface area contributed by atoms with Crippen molar-refractivity contribution in [3.63, 3.8) is 0 Å². The number of benzene rings is 1. The number of imide groups is 1. The molecule has 2 amide bonds. The SMILES string of the molecule is NCCN1C(=O)O[C@H](Cc2ccc(Cl)cc2)C1=O. The summed E-state index contributed by atoms with van der Waals surface area (Å²) in [5, 5.41) is 0.623. The molecule has 0 aromatic heterocycles. The van der Waals surface area contributed by atoms with Crippen LogP contribution in [0.1, 0.15) is 5.56 Å². The van der Waals surface area contributed by atoms with Gasteiger partial charge in [-0.3, -0.25) is 4.79 Å². The minimum atomic E-state index is -0.759. The van der Waals surface area contributed by atoms with E-state index in [0.29, 0.717) is 11.4 Å². The Labute approximate surface area is 109 Å². The second-order valence-electron chi connectivity index (χ2n) is 3.98. The number of halogens is 1. The van der Waals surface area contributed by atoms with Gasteiger partial charge in [0.15, 0.2) is 6.10 Å². The highest BCUT2D eigenvalue weighted by Gasteiger charge is 2.39. The molecule has 5 nitrogen and oxygen atoms in total. The second kappa shape index (κ2) is 5.37. The molecule has 1 aromatic rings. The maximum absolute atomic E-state index is 11.9. The van der Waals surface area contributed by atoms with E-state index in [4.69, 9.17) is 22.1 Å². The number of hydrogen-bond acceptors (Lipinski definition) is 4. The van der Waals surface area contributed by atoms with E-state index in [9.17, 15) is 9.59 Å². The Bertz CT molecular complexity index is 461. The number of nitrogens with two attached hydrogens (primary N) is 1. The van der Waals surface area contributed by atoms with Crippen LogP contribution in [0, 0.1) is 0 Å². The maximum atomic E-state index is 11.9. The lowest BCUT2D eigenvalue weighted by Gasteiger charge is -2.09. The zero-order valence-corrected chi connectivity index (χ0v) is 10.4. The molecule has 1 aromatic carbocycles. The lowest BCUT2D eigenvalue weighted by atomic mass is 10.1. The number of nitrogens with zero attached hydrogens (tertiary/aromatic N) is 1. The summed E-state index contributed by atoms with van der Waals surface area (Å²) in [5.74, 6) is -0.333. The first kappa shape index (κ1) is 12.9. The predicted molar refractivity (Wildman–Crippen MR) is 66.2 cm³/mol. The maximum Gasteiger partial charge on any atom is 0.417 e. The average Bonchev–Trinajstić information content (AvgIpc) is 2.60. The van der Waals surface area contributed by atoms with E-state index in [0.717, 1.165) is 10.5 Å². The van der Waals surface area contributed by atoms with Crippen LogP contribution in [0.25, 0.3) is 0 Å². The van der Waals surface area contributed by atoms with Gasteiger partial charge in [-0.1, -0.05) is 23.7 Å². The van der Waals surface area contributed by atoms with Gasteiger partial charge < -0.3 is 10.5 Å². The molecule has 2 rings (SSSR count). The van der Waals surface area contributed by atoms with Crippen LogP contribution in [0.15, 0.2) is 24.3 Å². The zero-order chi connectivity index (χ0) is 13.1. The van der Waals surface area contributed by atoms with Crippen LogP contribution < -0.4 is 5.73 Å². The number of ether oxygens (including phenoxy) is 1. The van der Waals surface area contributed by atoms with Crippen molar-refractivity contribution >= 4 is 23.6 Å². The van der Waals surface area contributed by atoms with Crippen molar-refractivity contribution in [2.75, 3.05) is 13.1 Å². The van der Waals surface area contributed by atoms with Crippen LogP contribution in [0.5, 0.6) is 0 Å². The van der Waals surface area contributed by atoms with E-state index in [-0.39, 0.29) is 19.0 Å². The van der Waals surface area contributed by atoms with E-state index in [1.165, 1.54) is 0 Å². The molecule has 2 N–H and O–H groups in total. The Morgan fingerprint density at radius 3 is 2.56 bits per heavy atom. The van der Waals surface area contributed by atoms with Crippen LogP contribution in [-0.4, -0.2) is 36.1 Å². The molecule has 0 saturated carbocycles. The molecular formula is C12H13ClN2O3. The van der Waals surface area contributed by atoms with Crippen LogP contribution in [0.4, 0.5) is 4.79 Å². The highest BCUT2D eigenvalue weighted by atomic mass is 35.5. The standard InChI is InChI=1S/C12H13ClN2O3/c13-9-3-1-8(2-4-9)7-10-11(16)15(6-5-14)12(17)18-10/h1-4,10H,5-7,14H2/t10-/m1/s1. The summed E-state index contributed by atoms with van der Waals surface area (Å²) in [6.45, 7) is 0.420. The first-order valence-corrected chi connectivity index (χ1v) is 5.96. The molecule has 1 aliphatic heterocycles. The van der Waals surface area contributed by atoms with E-state index < -0.39 is 12.2 Å². The third-order valence-corrected chi connectivity index (χ3v) is 2.94. The van der Waals surface area contributed by atoms with Gasteiger partial charge >= 0.3 is 6.09 Å². The Morgan fingerprint density at radius 2 is 1.94 bits per heavy atom. The van der Waals surface area contributed by atoms with Gasteiger partial charge in [-0.15, -0.1) is 0 Å². The van der Waals surface area contributed by atoms with Crippen molar-refractivity contribution in [2.45, 2.75) is 12.5 Å². The third kappa shape index (κ3) is 2.63. The summed E-state index contributed by atoms with van der Waals surface area (Å²) in [4.78, 5) is 24.4. The van der Waals surface area contributed by atoms with E-state index in [1.54, 1.807) is 24.3 Å². The lowest BCUT2D eigenvalue weighted by molar-refractivity contribution is -0.129. The van der Waals surface area contributed by atoms with Crippen LogP contribution in [0.2, 0.25) is 5.02 Å². The van der Waals surface area contributed by atoms with Crippen LogP contribution in [-0.2, 0) is 16.0 Å². The summed E-state index contributed by atoms with van der Waals surface area (Å²) < 4.78 is 5.02. The number of rotatable bonds is 4. The van der Waals surface area contributed by atoms with Crippen LogP contribution >= 0.6 is 11.6 Å². The molecule has 0 bridgehead atoms. The number of amides is 2. The highest BCUT2D eigenvalue weighted by molar-refractivity contribution is 6.30.